The SMILES string of the molecule is OC(COCC1CO1)C(COCC1CO1)C(O)C(COCC1CO1)COCC1CO1. The molecular formula is C20H34O10. The van der Waals surface area contributed by atoms with E-state index in [0.717, 1.165) is 0 Å². The van der Waals surface area contributed by atoms with E-state index in [0.29, 0.717) is 66.1 Å². The summed E-state index contributed by atoms with van der Waals surface area (Å²) in [5.41, 5.74) is 0. The summed E-state index contributed by atoms with van der Waals surface area (Å²) in [5, 5.41) is 21.9. The van der Waals surface area contributed by atoms with Gasteiger partial charge in [0.15, 0.2) is 0 Å². The molecule has 4 saturated heterocycles. The molecule has 4 heterocycles. The zero-order valence-corrected chi connectivity index (χ0v) is 17.3. The van der Waals surface area contributed by atoms with E-state index in [2.05, 4.69) is 0 Å². The van der Waals surface area contributed by atoms with E-state index < -0.39 is 18.1 Å². The molecule has 10 nitrogen and oxygen atoms in total. The quantitative estimate of drug-likeness (QED) is 0.234. The molecule has 4 fully saturated rings. The van der Waals surface area contributed by atoms with Crippen molar-refractivity contribution in [1.82, 2.24) is 0 Å². The summed E-state index contributed by atoms with van der Waals surface area (Å²) < 4.78 is 43.4. The van der Waals surface area contributed by atoms with Crippen molar-refractivity contribution in [3.8, 4) is 0 Å². The Morgan fingerprint density at radius 1 is 0.600 bits per heavy atom. The van der Waals surface area contributed by atoms with Crippen LogP contribution in [0.15, 0.2) is 0 Å². The predicted molar refractivity (Wildman–Crippen MR) is 101 cm³/mol. The first-order valence-electron chi connectivity index (χ1n) is 10.8. The Balaban J connectivity index is 1.28. The summed E-state index contributed by atoms with van der Waals surface area (Å²) >= 11 is 0. The van der Waals surface area contributed by atoms with Gasteiger partial charge in [0.2, 0.25) is 0 Å². The van der Waals surface area contributed by atoms with Crippen molar-refractivity contribution in [2.45, 2.75) is 36.6 Å². The molecule has 4 aliphatic rings. The largest absolute Gasteiger partial charge is 0.392 e. The molecule has 30 heavy (non-hydrogen) atoms. The molecule has 2 N–H and O–H groups in total. The normalized spacial score (nSPS) is 33.0. The number of aliphatic hydroxyl groups excluding tert-OH is 2. The van der Waals surface area contributed by atoms with Crippen molar-refractivity contribution in [2.24, 2.45) is 11.8 Å². The Bertz CT molecular complexity index is 474. The highest BCUT2D eigenvalue weighted by Gasteiger charge is 2.36. The zero-order valence-electron chi connectivity index (χ0n) is 17.3. The Morgan fingerprint density at radius 3 is 1.37 bits per heavy atom. The van der Waals surface area contributed by atoms with Crippen LogP contribution in [0.5, 0.6) is 0 Å². The minimum absolute atomic E-state index is 0.102. The molecule has 10 heteroatoms. The molecule has 7 atom stereocenters. The lowest BCUT2D eigenvalue weighted by Crippen LogP contribution is -2.45. The maximum atomic E-state index is 11.1. The van der Waals surface area contributed by atoms with Crippen LogP contribution in [0.1, 0.15) is 0 Å². The number of epoxide rings is 4. The lowest BCUT2D eigenvalue weighted by molar-refractivity contribution is -0.109. The van der Waals surface area contributed by atoms with E-state index in [4.69, 9.17) is 37.9 Å². The first-order chi connectivity index (χ1) is 14.7. The van der Waals surface area contributed by atoms with Crippen molar-refractivity contribution in [3.63, 3.8) is 0 Å². The summed E-state index contributed by atoms with van der Waals surface area (Å²) in [5.74, 6) is -0.870. The second kappa shape index (κ2) is 11.5. The molecule has 7 unspecified atom stereocenters. The predicted octanol–water partition coefficient (Wildman–Crippen LogP) is -1.40. The fourth-order valence-corrected chi connectivity index (χ4v) is 3.17. The molecule has 0 bridgehead atoms. The smallest absolute Gasteiger partial charge is 0.104 e. The van der Waals surface area contributed by atoms with Crippen LogP contribution in [-0.2, 0) is 37.9 Å². The number of hydrogen-bond acceptors (Lipinski definition) is 10. The Kier molecular flexibility index (Phi) is 8.70. The molecule has 0 radical (unpaired) electrons. The lowest BCUT2D eigenvalue weighted by atomic mass is 9.88. The van der Waals surface area contributed by atoms with Crippen molar-refractivity contribution >= 4 is 0 Å². The molecule has 0 aromatic heterocycles. The van der Waals surface area contributed by atoms with Gasteiger partial charge in [-0.1, -0.05) is 0 Å². The maximum Gasteiger partial charge on any atom is 0.104 e. The Labute approximate surface area is 176 Å². The fourth-order valence-electron chi connectivity index (χ4n) is 3.17. The van der Waals surface area contributed by atoms with E-state index in [1.807, 2.05) is 0 Å². The molecule has 0 aromatic carbocycles. The molecule has 4 aliphatic heterocycles. The third-order valence-electron chi connectivity index (χ3n) is 5.50. The van der Waals surface area contributed by atoms with Crippen LogP contribution in [0.2, 0.25) is 0 Å². The highest BCUT2D eigenvalue weighted by Crippen LogP contribution is 2.22. The highest BCUT2D eigenvalue weighted by atomic mass is 16.6. The van der Waals surface area contributed by atoms with Crippen LogP contribution in [0.4, 0.5) is 0 Å². The Morgan fingerprint density at radius 2 is 0.967 bits per heavy atom. The van der Waals surface area contributed by atoms with Crippen molar-refractivity contribution in [1.29, 1.82) is 0 Å². The van der Waals surface area contributed by atoms with E-state index >= 15 is 0 Å². The van der Waals surface area contributed by atoms with Gasteiger partial charge < -0.3 is 48.1 Å². The minimum atomic E-state index is -0.889. The molecule has 0 amide bonds. The maximum absolute atomic E-state index is 11.1. The summed E-state index contributed by atoms with van der Waals surface area (Å²) in [6.45, 7) is 5.57. The number of ether oxygens (including phenoxy) is 8. The molecule has 174 valence electrons. The molecule has 4 rings (SSSR count). The molecule has 0 aliphatic carbocycles. The van der Waals surface area contributed by atoms with Gasteiger partial charge in [-0.15, -0.1) is 0 Å². The zero-order chi connectivity index (χ0) is 20.8. The van der Waals surface area contributed by atoms with Gasteiger partial charge in [0.05, 0.1) is 91.5 Å². The average molecular weight is 434 g/mol. The van der Waals surface area contributed by atoms with E-state index in [1.165, 1.54) is 0 Å². The standard InChI is InChI=1S/C20H34O10/c21-19(12-26-6-17-10-30-17)18(11-25-5-16-9-29-16)20(22)13(1-23-3-14-7-27-14)2-24-4-15-8-28-15/h13-22H,1-12H2. The van der Waals surface area contributed by atoms with Gasteiger partial charge in [-0.2, -0.15) is 0 Å². The van der Waals surface area contributed by atoms with Gasteiger partial charge >= 0.3 is 0 Å². The van der Waals surface area contributed by atoms with Gasteiger partial charge in [0, 0.05) is 11.8 Å². The van der Waals surface area contributed by atoms with Crippen molar-refractivity contribution in [3.05, 3.63) is 0 Å². The van der Waals surface area contributed by atoms with E-state index in [9.17, 15) is 10.2 Å². The Hall–Kier alpha value is -0.400. The third kappa shape index (κ3) is 8.62. The van der Waals surface area contributed by atoms with E-state index in [1.54, 1.807) is 0 Å². The van der Waals surface area contributed by atoms with Crippen LogP contribution < -0.4 is 0 Å². The third-order valence-corrected chi connectivity index (χ3v) is 5.50. The van der Waals surface area contributed by atoms with Crippen LogP contribution in [0.25, 0.3) is 0 Å². The summed E-state index contributed by atoms with van der Waals surface area (Å²) in [7, 11) is 0. The minimum Gasteiger partial charge on any atom is -0.392 e. The summed E-state index contributed by atoms with van der Waals surface area (Å²) in [6.07, 6.45) is -1.26. The molecular weight excluding hydrogens is 400 g/mol. The van der Waals surface area contributed by atoms with E-state index in [-0.39, 0.29) is 43.5 Å². The second-order valence-electron chi connectivity index (χ2n) is 8.45. The van der Waals surface area contributed by atoms with Gasteiger partial charge in [-0.25, -0.2) is 0 Å². The first-order valence-corrected chi connectivity index (χ1v) is 10.8. The second-order valence-corrected chi connectivity index (χ2v) is 8.45. The van der Waals surface area contributed by atoms with Crippen LogP contribution >= 0.6 is 0 Å². The monoisotopic (exact) mass is 434 g/mol. The molecule has 0 spiro atoms. The van der Waals surface area contributed by atoms with Gasteiger partial charge in [-0.3, -0.25) is 0 Å². The number of hydrogen-bond donors (Lipinski definition) is 2. The van der Waals surface area contributed by atoms with Crippen LogP contribution in [-0.4, -0.2) is 126 Å². The van der Waals surface area contributed by atoms with Gasteiger partial charge in [-0.05, 0) is 0 Å². The van der Waals surface area contributed by atoms with Crippen LogP contribution in [0.3, 0.4) is 0 Å². The number of aliphatic hydroxyl groups is 2. The topological polar surface area (TPSA) is 128 Å². The fraction of sp³-hybridized carbons (Fsp3) is 1.00. The number of rotatable bonds is 19. The first kappa shape index (κ1) is 22.8. The van der Waals surface area contributed by atoms with Crippen molar-refractivity contribution < 1.29 is 48.1 Å². The summed E-state index contributed by atoms with van der Waals surface area (Å²) in [4.78, 5) is 0. The van der Waals surface area contributed by atoms with Gasteiger partial charge in [0.1, 0.15) is 24.4 Å². The van der Waals surface area contributed by atoms with Crippen molar-refractivity contribution in [2.75, 3.05) is 79.3 Å². The highest BCUT2D eigenvalue weighted by molar-refractivity contribution is 4.83. The summed E-state index contributed by atoms with van der Waals surface area (Å²) in [6, 6.07) is 0. The lowest BCUT2D eigenvalue weighted by Gasteiger charge is -2.32. The molecule has 0 aromatic rings. The molecule has 0 saturated carbocycles. The van der Waals surface area contributed by atoms with Crippen LogP contribution in [0, 0.1) is 11.8 Å². The van der Waals surface area contributed by atoms with Gasteiger partial charge in [0.25, 0.3) is 0 Å². The average Bonchev–Trinajstić information content (AvgIpc) is 3.54.